The molecule has 0 aliphatic carbocycles. The number of amides is 1. The third-order valence-corrected chi connectivity index (χ3v) is 6.10. The SMILES string of the molecule is O=C(Nc1cc([N+](=O)[O-])ccc1F)c1cccc(S(=O)(=O)N2CCCC2)c1. The molecule has 1 heterocycles. The standard InChI is InChI=1S/C17H16FN3O5S/c18-15-7-6-13(21(23)24)11-16(15)19-17(22)12-4-3-5-14(10-12)27(25,26)20-8-1-2-9-20/h3-7,10-11H,1-2,8-9H2,(H,19,22). The molecule has 1 aliphatic rings. The molecular weight excluding hydrogens is 377 g/mol. The summed E-state index contributed by atoms with van der Waals surface area (Å²) in [6.07, 6.45) is 1.57. The number of carbonyl (C=O) groups excluding carboxylic acids is 1. The maximum Gasteiger partial charge on any atom is 0.271 e. The van der Waals surface area contributed by atoms with Crippen molar-refractivity contribution in [1.29, 1.82) is 0 Å². The number of sulfonamides is 1. The summed E-state index contributed by atoms with van der Waals surface area (Å²) in [5.74, 6) is -1.61. The Hall–Kier alpha value is -2.85. The molecule has 0 atom stereocenters. The van der Waals surface area contributed by atoms with Crippen molar-refractivity contribution >= 4 is 27.3 Å². The molecule has 1 fully saturated rings. The van der Waals surface area contributed by atoms with E-state index >= 15 is 0 Å². The lowest BCUT2D eigenvalue weighted by Gasteiger charge is -2.16. The van der Waals surface area contributed by atoms with Crippen LogP contribution in [-0.2, 0) is 10.0 Å². The Morgan fingerprint density at radius 1 is 1.15 bits per heavy atom. The highest BCUT2D eigenvalue weighted by atomic mass is 32.2. The van der Waals surface area contributed by atoms with Crippen molar-refractivity contribution in [2.75, 3.05) is 18.4 Å². The summed E-state index contributed by atoms with van der Waals surface area (Å²) in [6.45, 7) is 0.856. The first kappa shape index (κ1) is 18.9. The van der Waals surface area contributed by atoms with Gasteiger partial charge >= 0.3 is 0 Å². The van der Waals surface area contributed by atoms with Gasteiger partial charge in [-0.25, -0.2) is 12.8 Å². The lowest BCUT2D eigenvalue weighted by atomic mass is 10.2. The maximum atomic E-state index is 13.8. The normalized spacial score (nSPS) is 14.9. The molecule has 142 valence electrons. The molecular formula is C17H16FN3O5S. The topological polar surface area (TPSA) is 110 Å². The van der Waals surface area contributed by atoms with Gasteiger partial charge in [0.1, 0.15) is 5.82 Å². The molecule has 1 N–H and O–H groups in total. The molecule has 0 radical (unpaired) electrons. The number of nitro groups is 1. The Bertz CT molecular complexity index is 1000. The predicted molar refractivity (Wildman–Crippen MR) is 95.4 cm³/mol. The number of nitrogens with zero attached hydrogens (tertiary/aromatic N) is 2. The van der Waals surface area contributed by atoms with Crippen LogP contribution in [0.2, 0.25) is 0 Å². The number of benzene rings is 2. The van der Waals surface area contributed by atoms with E-state index in [2.05, 4.69) is 5.32 Å². The third kappa shape index (κ3) is 3.96. The molecule has 1 amide bonds. The van der Waals surface area contributed by atoms with E-state index in [9.17, 15) is 27.7 Å². The van der Waals surface area contributed by atoms with Crippen LogP contribution in [0.25, 0.3) is 0 Å². The number of halogens is 1. The molecule has 1 aliphatic heterocycles. The Kier molecular flexibility index (Phi) is 5.19. The van der Waals surface area contributed by atoms with E-state index in [0.717, 1.165) is 31.0 Å². The van der Waals surface area contributed by atoms with E-state index in [1.807, 2.05) is 0 Å². The number of anilines is 1. The summed E-state index contributed by atoms with van der Waals surface area (Å²) in [4.78, 5) is 22.5. The number of non-ortho nitro benzene ring substituents is 1. The van der Waals surface area contributed by atoms with Crippen molar-refractivity contribution < 1.29 is 22.5 Å². The van der Waals surface area contributed by atoms with Gasteiger partial charge in [0.25, 0.3) is 11.6 Å². The smallest absolute Gasteiger partial charge is 0.271 e. The van der Waals surface area contributed by atoms with Crippen LogP contribution in [-0.4, -0.2) is 36.6 Å². The quantitative estimate of drug-likeness (QED) is 0.620. The van der Waals surface area contributed by atoms with Crippen molar-refractivity contribution in [2.24, 2.45) is 0 Å². The highest BCUT2D eigenvalue weighted by Crippen LogP contribution is 2.24. The Labute approximate surface area is 154 Å². The monoisotopic (exact) mass is 393 g/mol. The molecule has 0 bridgehead atoms. The average molecular weight is 393 g/mol. The van der Waals surface area contributed by atoms with Crippen LogP contribution in [0.4, 0.5) is 15.8 Å². The number of hydrogen-bond acceptors (Lipinski definition) is 5. The van der Waals surface area contributed by atoms with Gasteiger partial charge < -0.3 is 5.32 Å². The highest BCUT2D eigenvalue weighted by molar-refractivity contribution is 7.89. The number of rotatable bonds is 5. The zero-order chi connectivity index (χ0) is 19.6. The van der Waals surface area contributed by atoms with Gasteiger partial charge in [-0.2, -0.15) is 4.31 Å². The fourth-order valence-electron chi connectivity index (χ4n) is 2.79. The molecule has 0 saturated carbocycles. The number of carbonyl (C=O) groups is 1. The first-order valence-electron chi connectivity index (χ1n) is 8.14. The highest BCUT2D eigenvalue weighted by Gasteiger charge is 2.27. The molecule has 27 heavy (non-hydrogen) atoms. The Balaban J connectivity index is 1.86. The van der Waals surface area contributed by atoms with Crippen molar-refractivity contribution in [2.45, 2.75) is 17.7 Å². The summed E-state index contributed by atoms with van der Waals surface area (Å²) >= 11 is 0. The largest absolute Gasteiger partial charge is 0.319 e. The van der Waals surface area contributed by atoms with Gasteiger partial charge in [-0.15, -0.1) is 0 Å². The summed E-state index contributed by atoms with van der Waals surface area (Å²) in [7, 11) is -3.70. The van der Waals surface area contributed by atoms with Crippen molar-refractivity contribution in [3.63, 3.8) is 0 Å². The van der Waals surface area contributed by atoms with Crippen LogP contribution < -0.4 is 5.32 Å². The van der Waals surface area contributed by atoms with Crippen LogP contribution in [0.5, 0.6) is 0 Å². The zero-order valence-electron chi connectivity index (χ0n) is 14.1. The van der Waals surface area contributed by atoms with Gasteiger partial charge in [0.05, 0.1) is 15.5 Å². The first-order valence-corrected chi connectivity index (χ1v) is 9.58. The van der Waals surface area contributed by atoms with Gasteiger partial charge in [0.15, 0.2) is 0 Å². The average Bonchev–Trinajstić information content (AvgIpc) is 3.19. The van der Waals surface area contributed by atoms with Crippen molar-refractivity contribution in [3.05, 3.63) is 64.0 Å². The lowest BCUT2D eigenvalue weighted by molar-refractivity contribution is -0.384. The molecule has 3 rings (SSSR count). The summed E-state index contributed by atoms with van der Waals surface area (Å²) in [6, 6.07) is 8.15. The minimum atomic E-state index is -3.70. The molecule has 0 aromatic heterocycles. The maximum absolute atomic E-state index is 13.8. The van der Waals surface area contributed by atoms with E-state index in [-0.39, 0.29) is 21.8 Å². The van der Waals surface area contributed by atoms with Crippen molar-refractivity contribution in [3.8, 4) is 0 Å². The van der Waals surface area contributed by atoms with Crippen LogP contribution in [0, 0.1) is 15.9 Å². The second-order valence-corrected chi connectivity index (χ2v) is 7.95. The molecule has 10 heteroatoms. The van der Waals surface area contributed by atoms with Crippen LogP contribution in [0.3, 0.4) is 0 Å². The number of hydrogen-bond donors (Lipinski definition) is 1. The van der Waals surface area contributed by atoms with Gasteiger partial charge in [-0.3, -0.25) is 14.9 Å². The van der Waals surface area contributed by atoms with E-state index in [0.29, 0.717) is 13.1 Å². The van der Waals surface area contributed by atoms with Crippen molar-refractivity contribution in [1.82, 2.24) is 4.31 Å². The zero-order valence-corrected chi connectivity index (χ0v) is 14.9. The van der Waals surface area contributed by atoms with E-state index < -0.39 is 26.7 Å². The molecule has 0 unspecified atom stereocenters. The minimum absolute atomic E-state index is 0.00109. The molecule has 2 aromatic rings. The predicted octanol–water partition coefficient (Wildman–Crippen LogP) is 2.77. The molecule has 0 spiro atoms. The summed E-state index contributed by atoms with van der Waals surface area (Å²) < 4.78 is 40.4. The molecule has 8 nitrogen and oxygen atoms in total. The van der Waals surface area contributed by atoms with Gasteiger partial charge in [0.2, 0.25) is 10.0 Å². The Morgan fingerprint density at radius 3 is 2.52 bits per heavy atom. The number of nitro benzene ring substituents is 1. The second kappa shape index (κ2) is 7.41. The summed E-state index contributed by atoms with van der Waals surface area (Å²) in [5.41, 5.74) is -0.736. The molecule has 1 saturated heterocycles. The third-order valence-electron chi connectivity index (χ3n) is 4.21. The van der Waals surface area contributed by atoms with Gasteiger partial charge in [-0.1, -0.05) is 6.07 Å². The van der Waals surface area contributed by atoms with Crippen LogP contribution in [0.1, 0.15) is 23.2 Å². The van der Waals surface area contributed by atoms with E-state index in [1.165, 1.54) is 28.6 Å². The fourth-order valence-corrected chi connectivity index (χ4v) is 4.36. The van der Waals surface area contributed by atoms with Crippen LogP contribution >= 0.6 is 0 Å². The fraction of sp³-hybridized carbons (Fsp3) is 0.235. The van der Waals surface area contributed by atoms with E-state index in [1.54, 1.807) is 0 Å². The lowest BCUT2D eigenvalue weighted by Crippen LogP contribution is -2.28. The van der Waals surface area contributed by atoms with Gasteiger partial charge in [-0.05, 0) is 37.1 Å². The van der Waals surface area contributed by atoms with Gasteiger partial charge in [0, 0.05) is 30.8 Å². The second-order valence-electron chi connectivity index (χ2n) is 6.01. The summed E-state index contributed by atoms with van der Waals surface area (Å²) in [5, 5.41) is 13.0. The van der Waals surface area contributed by atoms with Crippen LogP contribution in [0.15, 0.2) is 47.4 Å². The number of nitrogens with one attached hydrogen (secondary N) is 1. The molecule has 2 aromatic carbocycles. The Morgan fingerprint density at radius 2 is 1.85 bits per heavy atom. The minimum Gasteiger partial charge on any atom is -0.319 e. The van der Waals surface area contributed by atoms with E-state index in [4.69, 9.17) is 0 Å². The first-order chi connectivity index (χ1) is 12.8.